The van der Waals surface area contributed by atoms with E-state index in [4.69, 9.17) is 35.7 Å². The van der Waals surface area contributed by atoms with Gasteiger partial charge in [-0.3, -0.25) is 9.59 Å². The monoisotopic (exact) mass is 424 g/mol. The van der Waals surface area contributed by atoms with Gasteiger partial charge in [0.15, 0.2) is 0 Å². The molecule has 0 spiro atoms. The van der Waals surface area contributed by atoms with Gasteiger partial charge in [-0.2, -0.15) is 0 Å². The molecule has 0 unspecified atom stereocenters. The van der Waals surface area contributed by atoms with Gasteiger partial charge < -0.3 is 35.7 Å². The van der Waals surface area contributed by atoms with Crippen LogP contribution in [-0.4, -0.2) is 80.1 Å². The molecule has 0 aliphatic heterocycles. The molecule has 172 valence electrons. The number of aliphatic hydroxyl groups excluding tert-OH is 4. The van der Waals surface area contributed by atoms with Crippen molar-refractivity contribution in [1.82, 2.24) is 0 Å². The van der Waals surface area contributed by atoms with E-state index in [-0.39, 0.29) is 18.4 Å². The number of hydrogen-bond donors (Lipinski definition) is 7. The van der Waals surface area contributed by atoms with Gasteiger partial charge in [0, 0.05) is 18.4 Å². The summed E-state index contributed by atoms with van der Waals surface area (Å²) in [6.07, 6.45) is 5.82. The molecule has 10 heteroatoms. The molecule has 0 radical (unpaired) electrons. The largest absolute Gasteiger partial charge is 0.481 e. The van der Waals surface area contributed by atoms with E-state index in [1.165, 1.54) is 6.92 Å². The molecule has 0 rings (SSSR count). The fraction of sp³-hybridized carbons (Fsp3) is 0.737. The van der Waals surface area contributed by atoms with Crippen LogP contribution >= 0.6 is 0 Å². The van der Waals surface area contributed by atoms with Crippen LogP contribution in [0.1, 0.15) is 58.3 Å². The second-order valence-corrected chi connectivity index (χ2v) is 6.63. The zero-order chi connectivity index (χ0) is 23.3. The average Bonchev–Trinajstić information content (AvgIpc) is 2.66. The molecule has 0 saturated carbocycles. The lowest BCUT2D eigenvalue weighted by atomic mass is 9.93. The molecule has 0 bridgehead atoms. The number of aliphatic hydroxyl groups is 4. The molecule has 0 aliphatic rings. The highest BCUT2D eigenvalue weighted by Gasteiger charge is 2.26. The van der Waals surface area contributed by atoms with Crippen molar-refractivity contribution in [2.45, 2.75) is 58.3 Å². The topological polar surface area (TPSA) is 193 Å². The lowest BCUT2D eigenvalue weighted by Crippen LogP contribution is -2.37. The predicted octanol–water partition coefficient (Wildman–Crippen LogP) is 0.866. The summed E-state index contributed by atoms with van der Waals surface area (Å²) in [7, 11) is 0. The first-order chi connectivity index (χ1) is 13.5. The fourth-order valence-corrected chi connectivity index (χ4v) is 1.56. The minimum atomic E-state index is -1.11. The van der Waals surface area contributed by atoms with Crippen molar-refractivity contribution < 1.29 is 50.1 Å². The van der Waals surface area contributed by atoms with Crippen molar-refractivity contribution in [2.75, 3.05) is 26.4 Å². The first kappa shape index (κ1) is 31.7. The molecule has 0 fully saturated rings. The van der Waals surface area contributed by atoms with Crippen molar-refractivity contribution in [1.29, 1.82) is 0 Å². The first-order valence-corrected chi connectivity index (χ1v) is 9.27. The van der Waals surface area contributed by atoms with Gasteiger partial charge in [0.05, 0.1) is 31.8 Å². The van der Waals surface area contributed by atoms with Crippen LogP contribution in [0.3, 0.4) is 0 Å². The third-order valence-corrected chi connectivity index (χ3v) is 3.74. The maximum absolute atomic E-state index is 10.1. The van der Waals surface area contributed by atoms with Gasteiger partial charge in [-0.25, -0.2) is 4.79 Å². The Morgan fingerprint density at radius 2 is 0.897 bits per heavy atom. The third kappa shape index (κ3) is 24.0. The smallest absolute Gasteiger partial charge is 0.330 e. The average molecular weight is 424 g/mol. The Labute approximate surface area is 171 Å². The standard InChI is InChI=1S/C10H18O4.C5H12O4.C4H6O2/c11-9(12)7-5-3-1-2-4-6-8-10(13)14;6-1-5(2-7,3-8)4-9;1-3(2)4(5)6/h1-8H2,(H,11,12)(H,13,14);6-9H,1-4H2;1H2,2H3,(H,5,6). The first-order valence-electron chi connectivity index (χ1n) is 9.27. The second-order valence-electron chi connectivity index (χ2n) is 6.63. The van der Waals surface area contributed by atoms with E-state index in [9.17, 15) is 14.4 Å². The van der Waals surface area contributed by atoms with Gasteiger partial charge in [-0.05, 0) is 19.8 Å². The zero-order valence-electron chi connectivity index (χ0n) is 17.0. The van der Waals surface area contributed by atoms with Crippen molar-refractivity contribution in [3.63, 3.8) is 0 Å². The molecule has 7 N–H and O–H groups in total. The van der Waals surface area contributed by atoms with E-state index in [0.717, 1.165) is 38.5 Å². The normalized spacial score (nSPS) is 10.1. The Bertz CT molecular complexity index is 408. The molecule has 0 aromatic rings. The van der Waals surface area contributed by atoms with E-state index < -0.39 is 49.8 Å². The highest BCUT2D eigenvalue weighted by atomic mass is 16.4. The quantitative estimate of drug-likeness (QED) is 0.155. The van der Waals surface area contributed by atoms with Gasteiger partial charge >= 0.3 is 17.9 Å². The van der Waals surface area contributed by atoms with Crippen molar-refractivity contribution in [3.8, 4) is 0 Å². The van der Waals surface area contributed by atoms with E-state index >= 15 is 0 Å². The van der Waals surface area contributed by atoms with Crippen LogP contribution in [0.2, 0.25) is 0 Å². The predicted molar refractivity (Wildman–Crippen MR) is 105 cm³/mol. The van der Waals surface area contributed by atoms with Crippen molar-refractivity contribution in [2.24, 2.45) is 5.41 Å². The maximum atomic E-state index is 10.1. The summed E-state index contributed by atoms with van der Waals surface area (Å²) in [6.45, 7) is 2.98. The van der Waals surface area contributed by atoms with Gasteiger partial charge in [0.2, 0.25) is 0 Å². The van der Waals surface area contributed by atoms with Crippen LogP contribution in [0.5, 0.6) is 0 Å². The Morgan fingerprint density at radius 3 is 1.03 bits per heavy atom. The molecule has 0 aliphatic carbocycles. The van der Waals surface area contributed by atoms with Gasteiger partial charge in [-0.15, -0.1) is 0 Å². The summed E-state index contributed by atoms with van der Waals surface area (Å²) in [5, 5.41) is 58.6. The molecule has 0 saturated heterocycles. The lowest BCUT2D eigenvalue weighted by Gasteiger charge is -2.23. The van der Waals surface area contributed by atoms with Crippen LogP contribution in [0.25, 0.3) is 0 Å². The summed E-state index contributed by atoms with van der Waals surface area (Å²) in [5.74, 6) is -2.42. The van der Waals surface area contributed by atoms with E-state index in [1.807, 2.05) is 0 Å². The van der Waals surface area contributed by atoms with Crippen LogP contribution < -0.4 is 0 Å². The van der Waals surface area contributed by atoms with E-state index in [0.29, 0.717) is 0 Å². The third-order valence-electron chi connectivity index (χ3n) is 3.74. The van der Waals surface area contributed by atoms with Crippen molar-refractivity contribution >= 4 is 17.9 Å². The minimum Gasteiger partial charge on any atom is -0.481 e. The van der Waals surface area contributed by atoms with Crippen LogP contribution in [0, 0.1) is 5.41 Å². The molecule has 0 atom stereocenters. The number of carboxylic acid groups (broad SMARTS) is 3. The number of carboxylic acids is 3. The summed E-state index contributed by atoms with van der Waals surface area (Å²) in [5.41, 5.74) is -0.935. The van der Waals surface area contributed by atoms with Gasteiger partial charge in [0.25, 0.3) is 0 Å². The lowest BCUT2D eigenvalue weighted by molar-refractivity contribution is -0.138. The van der Waals surface area contributed by atoms with Crippen LogP contribution in [0.15, 0.2) is 12.2 Å². The molecule has 0 aromatic heterocycles. The molecule has 29 heavy (non-hydrogen) atoms. The second kappa shape index (κ2) is 20.7. The van der Waals surface area contributed by atoms with Gasteiger partial charge in [-0.1, -0.05) is 32.3 Å². The van der Waals surface area contributed by atoms with Crippen LogP contribution in [-0.2, 0) is 14.4 Å². The summed E-state index contributed by atoms with van der Waals surface area (Å²) in [4.78, 5) is 29.9. The molecule has 0 amide bonds. The maximum Gasteiger partial charge on any atom is 0.330 e. The molecule has 0 heterocycles. The Balaban J connectivity index is -0.000000386. The van der Waals surface area contributed by atoms with Gasteiger partial charge in [0.1, 0.15) is 0 Å². The molecular formula is C19H36O10. The SMILES string of the molecule is C=C(C)C(=O)O.O=C(O)CCCCCCCCC(=O)O.OCC(CO)(CO)CO. The minimum absolute atomic E-state index is 0.176. The Kier molecular flexibility index (Phi) is 22.6. The number of carbonyl (C=O) groups is 3. The van der Waals surface area contributed by atoms with E-state index in [1.54, 1.807) is 0 Å². The summed E-state index contributed by atoms with van der Waals surface area (Å²) >= 11 is 0. The Morgan fingerprint density at radius 1 is 0.655 bits per heavy atom. The summed E-state index contributed by atoms with van der Waals surface area (Å²) < 4.78 is 0. The molecular weight excluding hydrogens is 388 g/mol. The number of hydrogen-bond acceptors (Lipinski definition) is 7. The Hall–Kier alpha value is -2.01. The summed E-state index contributed by atoms with van der Waals surface area (Å²) in [6, 6.07) is 0. The number of unbranched alkanes of at least 4 members (excludes halogenated alkanes) is 5. The molecule has 10 nitrogen and oxygen atoms in total. The highest BCUT2D eigenvalue weighted by Crippen LogP contribution is 2.12. The van der Waals surface area contributed by atoms with Crippen LogP contribution in [0.4, 0.5) is 0 Å². The highest BCUT2D eigenvalue weighted by molar-refractivity contribution is 5.84. The molecule has 0 aromatic carbocycles. The fourth-order valence-electron chi connectivity index (χ4n) is 1.56. The number of rotatable bonds is 14. The van der Waals surface area contributed by atoms with E-state index in [2.05, 4.69) is 6.58 Å². The zero-order valence-corrected chi connectivity index (χ0v) is 17.0. The number of aliphatic carboxylic acids is 3. The van der Waals surface area contributed by atoms with Crippen molar-refractivity contribution in [3.05, 3.63) is 12.2 Å².